The monoisotopic (exact) mass is 510 g/mol. The Kier molecular flexibility index (Phi) is 6.53. The largest absolute Gasteiger partial charge is 0.368 e. The van der Waals surface area contributed by atoms with E-state index in [0.29, 0.717) is 18.9 Å². The SMILES string of the molecule is CC(=O)N1CC(NC(=O)c2ccc(F)c(-c3ccc(NC[C@]4(c5ncccc5F)C[C@H](F)C4)nn3)c2)C1. The van der Waals surface area contributed by atoms with Crippen LogP contribution >= 0.6 is 0 Å². The van der Waals surface area contributed by atoms with Crippen LogP contribution in [-0.4, -0.2) is 63.7 Å². The molecule has 1 aliphatic carbocycles. The zero-order valence-electron chi connectivity index (χ0n) is 20.0. The molecule has 2 fully saturated rings. The van der Waals surface area contributed by atoms with Gasteiger partial charge in [0.1, 0.15) is 23.6 Å². The number of nitrogens with zero attached hydrogens (tertiary/aromatic N) is 4. The highest BCUT2D eigenvalue weighted by Gasteiger charge is 2.48. The molecule has 0 bridgehead atoms. The topological polar surface area (TPSA) is 100 Å². The lowest BCUT2D eigenvalue weighted by Crippen LogP contribution is -2.60. The summed E-state index contributed by atoms with van der Waals surface area (Å²) in [6.07, 6.45) is 0.748. The summed E-state index contributed by atoms with van der Waals surface area (Å²) >= 11 is 0. The van der Waals surface area contributed by atoms with E-state index in [2.05, 4.69) is 25.8 Å². The van der Waals surface area contributed by atoms with E-state index in [1.54, 1.807) is 17.0 Å². The smallest absolute Gasteiger partial charge is 0.251 e. The van der Waals surface area contributed by atoms with Gasteiger partial charge in [0.05, 0.1) is 17.4 Å². The fourth-order valence-electron chi connectivity index (χ4n) is 4.77. The molecule has 2 amide bonds. The van der Waals surface area contributed by atoms with Gasteiger partial charge in [-0.15, -0.1) is 10.2 Å². The molecule has 192 valence electrons. The molecular weight excluding hydrogens is 485 g/mol. The normalized spacial score (nSPS) is 21.1. The van der Waals surface area contributed by atoms with Gasteiger partial charge in [0, 0.05) is 49.3 Å². The number of likely N-dealkylation sites (tertiary alicyclic amines) is 1. The molecule has 0 spiro atoms. The van der Waals surface area contributed by atoms with Gasteiger partial charge in [-0.25, -0.2) is 13.2 Å². The van der Waals surface area contributed by atoms with E-state index < -0.39 is 23.2 Å². The third kappa shape index (κ3) is 4.98. The highest BCUT2D eigenvalue weighted by molar-refractivity contribution is 5.95. The van der Waals surface area contributed by atoms with Crippen LogP contribution in [0.5, 0.6) is 0 Å². The molecule has 1 aliphatic heterocycles. The quantitative estimate of drug-likeness (QED) is 0.506. The number of nitrogens with one attached hydrogen (secondary N) is 2. The Bertz CT molecular complexity index is 1320. The van der Waals surface area contributed by atoms with Gasteiger partial charge in [0.15, 0.2) is 0 Å². The van der Waals surface area contributed by atoms with E-state index in [1.165, 1.54) is 43.5 Å². The number of aromatic nitrogens is 3. The number of hydrogen-bond donors (Lipinski definition) is 2. The van der Waals surface area contributed by atoms with Gasteiger partial charge >= 0.3 is 0 Å². The lowest BCUT2D eigenvalue weighted by atomic mass is 9.65. The zero-order chi connectivity index (χ0) is 26.2. The van der Waals surface area contributed by atoms with E-state index in [4.69, 9.17) is 0 Å². The number of alkyl halides is 1. The summed E-state index contributed by atoms with van der Waals surface area (Å²) in [5.41, 5.74) is 0.0145. The molecule has 0 unspecified atom stereocenters. The van der Waals surface area contributed by atoms with Crippen molar-refractivity contribution in [3.05, 3.63) is 71.6 Å². The first-order valence-corrected chi connectivity index (χ1v) is 11.9. The number of rotatable bonds is 7. The Morgan fingerprint density at radius 1 is 1.08 bits per heavy atom. The Morgan fingerprint density at radius 3 is 2.51 bits per heavy atom. The van der Waals surface area contributed by atoms with E-state index in [9.17, 15) is 22.8 Å². The molecule has 1 saturated carbocycles. The van der Waals surface area contributed by atoms with Crippen molar-refractivity contribution in [2.45, 2.75) is 37.4 Å². The Hall–Kier alpha value is -4.02. The van der Waals surface area contributed by atoms with Gasteiger partial charge in [-0.1, -0.05) is 0 Å². The van der Waals surface area contributed by atoms with Crippen LogP contribution in [0.2, 0.25) is 0 Å². The van der Waals surface area contributed by atoms with Crippen LogP contribution in [0.15, 0.2) is 48.7 Å². The van der Waals surface area contributed by atoms with Crippen molar-refractivity contribution in [3.63, 3.8) is 0 Å². The van der Waals surface area contributed by atoms with Crippen LogP contribution in [0.1, 0.15) is 35.8 Å². The van der Waals surface area contributed by atoms with Crippen molar-refractivity contribution in [1.29, 1.82) is 0 Å². The van der Waals surface area contributed by atoms with Crippen LogP contribution in [0, 0.1) is 11.6 Å². The highest BCUT2D eigenvalue weighted by Crippen LogP contribution is 2.45. The fourth-order valence-corrected chi connectivity index (χ4v) is 4.77. The Balaban J connectivity index is 1.26. The summed E-state index contributed by atoms with van der Waals surface area (Å²) in [5, 5.41) is 14.1. The second-order valence-electron chi connectivity index (χ2n) is 9.57. The molecule has 37 heavy (non-hydrogen) atoms. The number of amides is 2. The van der Waals surface area contributed by atoms with Crippen LogP contribution in [0.3, 0.4) is 0 Å². The minimum atomic E-state index is -1.03. The molecule has 0 atom stereocenters. The highest BCUT2D eigenvalue weighted by atomic mass is 19.1. The molecule has 8 nitrogen and oxygen atoms in total. The maximum atomic E-state index is 14.6. The Morgan fingerprint density at radius 2 is 1.86 bits per heavy atom. The number of pyridine rings is 1. The van der Waals surface area contributed by atoms with Gasteiger partial charge in [-0.05, 0) is 55.3 Å². The van der Waals surface area contributed by atoms with Gasteiger partial charge in [0.2, 0.25) is 5.91 Å². The summed E-state index contributed by atoms with van der Waals surface area (Å²) in [4.78, 5) is 29.7. The first kappa shape index (κ1) is 24.7. The van der Waals surface area contributed by atoms with Crippen molar-refractivity contribution in [1.82, 2.24) is 25.4 Å². The number of carbonyl (C=O) groups is 2. The van der Waals surface area contributed by atoms with Crippen molar-refractivity contribution in [2.75, 3.05) is 25.0 Å². The molecule has 0 radical (unpaired) electrons. The third-order valence-electron chi connectivity index (χ3n) is 6.92. The molecule has 2 aliphatic rings. The standard InChI is InChI=1S/C26H25F3N6O2/c1-15(36)35-12-18(13-35)32-25(37)16-4-5-20(28)19(9-16)22-6-7-23(34-33-22)31-14-26(10-17(27)11-26)24-21(29)3-2-8-30-24/h2-9,17-18H,10-14H2,1H3,(H,31,34)(H,32,37)/t17-,26-. The Labute approximate surface area is 211 Å². The molecule has 3 aromatic rings. The first-order chi connectivity index (χ1) is 17.7. The zero-order valence-corrected chi connectivity index (χ0v) is 20.0. The van der Waals surface area contributed by atoms with Crippen LogP contribution < -0.4 is 10.6 Å². The maximum absolute atomic E-state index is 14.6. The van der Waals surface area contributed by atoms with E-state index in [-0.39, 0.29) is 59.8 Å². The molecule has 1 aromatic carbocycles. The fraction of sp³-hybridized carbons (Fsp3) is 0.346. The number of halogens is 3. The minimum absolute atomic E-state index is 0.0514. The van der Waals surface area contributed by atoms with Crippen molar-refractivity contribution < 1.29 is 22.8 Å². The minimum Gasteiger partial charge on any atom is -0.368 e. The summed E-state index contributed by atoms with van der Waals surface area (Å²) < 4.78 is 42.7. The van der Waals surface area contributed by atoms with Crippen molar-refractivity contribution in [2.24, 2.45) is 0 Å². The predicted octanol–water partition coefficient (Wildman–Crippen LogP) is 3.26. The summed E-state index contributed by atoms with van der Waals surface area (Å²) in [5.74, 6) is -1.11. The summed E-state index contributed by atoms with van der Waals surface area (Å²) in [7, 11) is 0. The maximum Gasteiger partial charge on any atom is 0.251 e. The molecule has 5 rings (SSSR count). The molecular formula is C26H25F3N6O2. The van der Waals surface area contributed by atoms with Crippen LogP contribution in [0.25, 0.3) is 11.3 Å². The molecule has 3 heterocycles. The van der Waals surface area contributed by atoms with Gasteiger partial charge in [-0.3, -0.25) is 14.6 Å². The van der Waals surface area contributed by atoms with Crippen molar-refractivity contribution in [3.8, 4) is 11.3 Å². The average Bonchev–Trinajstić information content (AvgIpc) is 2.84. The summed E-state index contributed by atoms with van der Waals surface area (Å²) in [6, 6.07) is 9.76. The number of hydrogen-bond acceptors (Lipinski definition) is 6. The molecule has 11 heteroatoms. The second kappa shape index (κ2) is 9.79. The summed E-state index contributed by atoms with van der Waals surface area (Å²) in [6.45, 7) is 2.56. The third-order valence-corrected chi connectivity index (χ3v) is 6.92. The molecule has 2 N–H and O–H groups in total. The van der Waals surface area contributed by atoms with Crippen LogP contribution in [-0.2, 0) is 10.2 Å². The van der Waals surface area contributed by atoms with E-state index in [0.717, 1.165) is 0 Å². The lowest BCUT2D eigenvalue weighted by Gasteiger charge is -2.44. The molecule has 2 aromatic heterocycles. The first-order valence-electron chi connectivity index (χ1n) is 11.9. The lowest BCUT2D eigenvalue weighted by molar-refractivity contribution is -0.133. The number of carbonyl (C=O) groups excluding carboxylic acids is 2. The van der Waals surface area contributed by atoms with Gasteiger partial charge in [-0.2, -0.15) is 0 Å². The second-order valence-corrected chi connectivity index (χ2v) is 9.57. The van der Waals surface area contributed by atoms with Crippen LogP contribution in [0.4, 0.5) is 19.0 Å². The number of anilines is 1. The average molecular weight is 511 g/mol. The van der Waals surface area contributed by atoms with E-state index >= 15 is 0 Å². The van der Waals surface area contributed by atoms with Gasteiger partial charge < -0.3 is 15.5 Å². The van der Waals surface area contributed by atoms with E-state index in [1.807, 2.05) is 0 Å². The van der Waals surface area contributed by atoms with Gasteiger partial charge in [0.25, 0.3) is 5.91 Å². The number of benzene rings is 1. The van der Waals surface area contributed by atoms with Crippen molar-refractivity contribution >= 4 is 17.6 Å². The predicted molar refractivity (Wildman–Crippen MR) is 129 cm³/mol. The molecule has 1 saturated heterocycles.